The fourth-order valence-electron chi connectivity index (χ4n) is 10.2. The first-order valence-corrected chi connectivity index (χ1v) is 20.5. The summed E-state index contributed by atoms with van der Waals surface area (Å²) in [6.07, 6.45) is -10.5. The Bertz CT molecular complexity index is 2280. The van der Waals surface area contributed by atoms with Crippen LogP contribution in [0, 0.1) is 16.7 Å². The predicted molar refractivity (Wildman–Crippen MR) is 218 cm³/mol. The molecule has 0 unspecified atom stereocenters. The predicted octanol–water partition coefficient (Wildman–Crippen LogP) is 3.74. The largest absolute Gasteiger partial charge is 0.456 e. The fourth-order valence-corrected chi connectivity index (χ4v) is 10.2. The van der Waals surface area contributed by atoms with Gasteiger partial charge >= 0.3 is 23.9 Å². The number of fused-ring (bicyclic) bond motifs is 5. The highest BCUT2D eigenvalue weighted by Gasteiger charge is 2.78. The molecule has 0 spiro atoms. The van der Waals surface area contributed by atoms with E-state index in [1.165, 1.54) is 26.0 Å². The zero-order chi connectivity index (χ0) is 44.9. The zero-order valence-electron chi connectivity index (χ0n) is 35.2. The number of ketones is 1. The van der Waals surface area contributed by atoms with Crippen LogP contribution in [-0.2, 0) is 42.9 Å². The molecule has 1 amide bonds. The van der Waals surface area contributed by atoms with E-state index in [0.29, 0.717) is 5.56 Å². The topological polar surface area (TPSA) is 221 Å². The molecule has 3 aliphatic carbocycles. The van der Waals surface area contributed by atoms with E-state index in [-0.39, 0.29) is 35.3 Å². The number of ether oxygens (including phenoxy) is 5. The summed E-state index contributed by atoms with van der Waals surface area (Å²) >= 11 is 0. The molecule has 3 aromatic rings. The van der Waals surface area contributed by atoms with Crippen molar-refractivity contribution in [3.8, 4) is 0 Å². The third-order valence-electron chi connectivity index (χ3n) is 13.5. The summed E-state index contributed by atoms with van der Waals surface area (Å²) < 4.78 is 30.3. The number of hydrogen-bond acceptors (Lipinski definition) is 14. The van der Waals surface area contributed by atoms with Crippen LogP contribution in [0.4, 0.5) is 0 Å². The third-order valence-corrected chi connectivity index (χ3v) is 13.5. The van der Waals surface area contributed by atoms with E-state index in [1.54, 1.807) is 92.7 Å². The number of carbonyl (C=O) groups is 6. The van der Waals surface area contributed by atoms with Crippen molar-refractivity contribution in [2.75, 3.05) is 6.61 Å². The molecule has 3 fully saturated rings. The number of esters is 4. The average molecular weight is 854 g/mol. The number of benzene rings is 3. The Morgan fingerprint density at radius 1 is 0.823 bits per heavy atom. The van der Waals surface area contributed by atoms with Gasteiger partial charge in [-0.25, -0.2) is 9.59 Å². The standard InChI is InChI=1S/C47H51NO14/c1-25-31(60-43(56)36(52)35(28-16-10-7-11-17-28)48-41(54)29-18-12-8-13-19-29)23-47(57)40(61-42(55)30-20-14-9-15-21-30)38-45(6,32(51)22-33-46(38,24-58-33)62-27(3)50)39(53)37(59-26(2)49)34(25)44(47,4)5/h7-21,31-33,35-38,40,51-52,57H,22-24H2,1-6H3,(H,48,54)/t31-,32+,33+,35-,36+,37+,38-,40-,45+,46-,47+/m0/s1. The quantitative estimate of drug-likeness (QED) is 0.130. The van der Waals surface area contributed by atoms with Crippen molar-refractivity contribution in [1.29, 1.82) is 0 Å². The van der Waals surface area contributed by atoms with E-state index in [2.05, 4.69) is 5.32 Å². The molecule has 2 bridgehead atoms. The second-order valence-corrected chi connectivity index (χ2v) is 17.4. The summed E-state index contributed by atoms with van der Waals surface area (Å²) in [6, 6.07) is 22.9. The van der Waals surface area contributed by atoms with Crippen LogP contribution in [0.1, 0.15) is 86.7 Å². The van der Waals surface area contributed by atoms with Gasteiger partial charge in [-0.3, -0.25) is 19.2 Å². The van der Waals surface area contributed by atoms with Gasteiger partial charge in [0.05, 0.1) is 35.6 Å². The maximum absolute atomic E-state index is 15.5. The molecule has 0 aromatic heterocycles. The van der Waals surface area contributed by atoms with Gasteiger partial charge < -0.3 is 44.3 Å². The number of aliphatic hydroxyl groups is 3. The first-order valence-electron chi connectivity index (χ1n) is 20.5. The summed E-state index contributed by atoms with van der Waals surface area (Å²) in [6.45, 7) is 7.97. The fraction of sp³-hybridized carbons (Fsp3) is 0.447. The van der Waals surface area contributed by atoms with E-state index < -0.39 is 113 Å². The van der Waals surface area contributed by atoms with Gasteiger partial charge in [-0.15, -0.1) is 0 Å². The van der Waals surface area contributed by atoms with Crippen molar-refractivity contribution >= 4 is 35.6 Å². The Morgan fingerprint density at radius 3 is 1.95 bits per heavy atom. The smallest absolute Gasteiger partial charge is 0.338 e. The van der Waals surface area contributed by atoms with Crippen LogP contribution in [0.25, 0.3) is 0 Å². The van der Waals surface area contributed by atoms with Crippen LogP contribution in [0.5, 0.6) is 0 Å². The lowest BCUT2D eigenvalue weighted by molar-refractivity contribution is -0.346. The van der Waals surface area contributed by atoms with Crippen LogP contribution in [0.3, 0.4) is 0 Å². The minimum Gasteiger partial charge on any atom is -0.456 e. The number of amides is 1. The maximum atomic E-state index is 15.5. The van der Waals surface area contributed by atoms with E-state index in [9.17, 15) is 39.3 Å². The molecule has 62 heavy (non-hydrogen) atoms. The SMILES string of the molecule is CC(=O)O[C@H]1C(=O)[C@]2(C)[C@H](O)C[C@H]3OC[C@@]3(OC(C)=O)[C@H]2[C@H](OC(=O)c2ccccc2)[C@]2(O)C[C@H](OC(=O)[C@H](O)[C@@H](NC(=O)c3ccccc3)c3ccccc3)C(C)=C1C2(C)C. The van der Waals surface area contributed by atoms with Crippen LogP contribution >= 0.6 is 0 Å². The van der Waals surface area contributed by atoms with E-state index in [4.69, 9.17) is 23.7 Å². The van der Waals surface area contributed by atoms with Crippen LogP contribution in [-0.4, -0.2) is 105 Å². The summed E-state index contributed by atoms with van der Waals surface area (Å²) in [5.74, 6) is -6.84. The molecule has 4 N–H and O–H groups in total. The lowest BCUT2D eigenvalue weighted by Gasteiger charge is -2.67. The highest BCUT2D eigenvalue weighted by molar-refractivity contribution is 5.96. The first-order chi connectivity index (χ1) is 29.3. The molecular weight excluding hydrogens is 803 g/mol. The summed E-state index contributed by atoms with van der Waals surface area (Å²) in [5, 5.41) is 40.2. The number of rotatable bonds is 10. The Balaban J connectivity index is 1.39. The van der Waals surface area contributed by atoms with Crippen molar-refractivity contribution < 1.29 is 67.8 Å². The normalized spacial score (nSPS) is 31.9. The highest BCUT2D eigenvalue weighted by atomic mass is 16.6. The maximum Gasteiger partial charge on any atom is 0.338 e. The van der Waals surface area contributed by atoms with Crippen molar-refractivity contribution in [1.82, 2.24) is 5.32 Å². The molecule has 328 valence electrons. The number of aliphatic hydroxyl groups excluding tert-OH is 2. The molecule has 3 aromatic carbocycles. The average Bonchev–Trinajstić information content (AvgIpc) is 3.24. The number of carbonyl (C=O) groups excluding carboxylic acids is 6. The van der Waals surface area contributed by atoms with Gasteiger partial charge in [-0.05, 0) is 54.8 Å². The second-order valence-electron chi connectivity index (χ2n) is 17.4. The third kappa shape index (κ3) is 7.29. The Hall–Kier alpha value is -5.74. The summed E-state index contributed by atoms with van der Waals surface area (Å²) in [7, 11) is 0. The monoisotopic (exact) mass is 853 g/mol. The Morgan fingerprint density at radius 2 is 1.40 bits per heavy atom. The molecule has 15 heteroatoms. The number of nitrogens with one attached hydrogen (secondary N) is 1. The van der Waals surface area contributed by atoms with Gasteiger partial charge in [0, 0.05) is 37.7 Å². The highest BCUT2D eigenvalue weighted by Crippen LogP contribution is 2.64. The molecule has 4 aliphatic rings. The zero-order valence-corrected chi connectivity index (χ0v) is 35.2. The second kappa shape index (κ2) is 16.5. The molecule has 15 nitrogen and oxygen atoms in total. The first kappa shape index (κ1) is 44.3. The van der Waals surface area contributed by atoms with Gasteiger partial charge in [-0.1, -0.05) is 80.6 Å². The molecule has 2 saturated carbocycles. The van der Waals surface area contributed by atoms with Crippen molar-refractivity contribution in [2.24, 2.45) is 16.7 Å². The van der Waals surface area contributed by atoms with E-state index >= 15 is 4.79 Å². The van der Waals surface area contributed by atoms with E-state index in [1.807, 2.05) is 0 Å². The summed E-state index contributed by atoms with van der Waals surface area (Å²) in [4.78, 5) is 83.5. The van der Waals surface area contributed by atoms with E-state index in [0.717, 1.165) is 13.8 Å². The Kier molecular flexibility index (Phi) is 11.8. The molecule has 0 radical (unpaired) electrons. The molecular formula is C47H51NO14. The minimum absolute atomic E-state index is 0.00289. The van der Waals surface area contributed by atoms with Gasteiger partial charge in [0.15, 0.2) is 23.6 Å². The van der Waals surface area contributed by atoms with Crippen molar-refractivity contribution in [3.63, 3.8) is 0 Å². The molecule has 1 aliphatic heterocycles. The lowest BCUT2D eigenvalue weighted by Crippen LogP contribution is -2.82. The number of hydrogen-bond donors (Lipinski definition) is 4. The van der Waals surface area contributed by atoms with Crippen LogP contribution in [0.2, 0.25) is 0 Å². The van der Waals surface area contributed by atoms with Gasteiger partial charge in [0.1, 0.15) is 23.9 Å². The van der Waals surface area contributed by atoms with Gasteiger partial charge in [0.2, 0.25) is 0 Å². The van der Waals surface area contributed by atoms with Crippen LogP contribution in [0.15, 0.2) is 102 Å². The van der Waals surface area contributed by atoms with Crippen molar-refractivity contribution in [3.05, 3.63) is 119 Å². The number of Topliss-reactive ketones (excluding diaryl/α,β-unsaturated/α-hetero) is 1. The molecule has 1 heterocycles. The summed E-state index contributed by atoms with van der Waals surface area (Å²) in [5.41, 5.74) is -7.02. The molecule has 7 rings (SSSR count). The Labute approximate surface area is 358 Å². The van der Waals surface area contributed by atoms with Gasteiger partial charge in [0.25, 0.3) is 5.91 Å². The molecule has 1 saturated heterocycles. The van der Waals surface area contributed by atoms with Gasteiger partial charge in [-0.2, -0.15) is 0 Å². The molecule has 11 atom stereocenters. The lowest BCUT2D eigenvalue weighted by atomic mass is 9.44. The van der Waals surface area contributed by atoms with Crippen LogP contribution < -0.4 is 5.32 Å². The van der Waals surface area contributed by atoms with Crippen molar-refractivity contribution in [2.45, 2.75) is 108 Å². The minimum atomic E-state index is -2.39.